The molecule has 10 nitrogen and oxygen atoms in total. The fourth-order valence-corrected chi connectivity index (χ4v) is 6.76. The summed E-state index contributed by atoms with van der Waals surface area (Å²) in [6.45, 7) is 4.90. The van der Waals surface area contributed by atoms with Gasteiger partial charge in [-0.25, -0.2) is 4.98 Å². The van der Waals surface area contributed by atoms with E-state index >= 15 is 0 Å². The van der Waals surface area contributed by atoms with Crippen molar-refractivity contribution in [2.75, 3.05) is 55.6 Å². The van der Waals surface area contributed by atoms with E-state index in [0.717, 1.165) is 49.1 Å². The highest BCUT2D eigenvalue weighted by molar-refractivity contribution is 9.10. The number of rotatable bonds is 5. The minimum absolute atomic E-state index is 0.0162. The van der Waals surface area contributed by atoms with Gasteiger partial charge in [-0.2, -0.15) is 13.2 Å². The number of hydrogen-bond acceptors (Lipinski definition) is 8. The summed E-state index contributed by atoms with van der Waals surface area (Å²) >= 11 is 3.09. The Morgan fingerprint density at radius 2 is 1.58 bits per heavy atom. The molecular weight excluding hydrogens is 633 g/mol. The molecule has 0 bridgehead atoms. The molecule has 4 amide bonds. The van der Waals surface area contributed by atoms with Crippen LogP contribution in [0.5, 0.6) is 0 Å². The molecule has 0 aliphatic carbocycles. The van der Waals surface area contributed by atoms with E-state index in [1.165, 1.54) is 6.20 Å². The van der Waals surface area contributed by atoms with E-state index in [1.54, 1.807) is 17.0 Å². The Morgan fingerprint density at radius 1 is 0.884 bits per heavy atom. The van der Waals surface area contributed by atoms with Crippen LogP contribution in [0.4, 0.5) is 24.7 Å². The number of carbonyl (C=O) groups excluding carboxylic acids is 4. The minimum atomic E-state index is -4.47. The van der Waals surface area contributed by atoms with Crippen LogP contribution in [0.3, 0.4) is 0 Å². The summed E-state index contributed by atoms with van der Waals surface area (Å²) < 4.78 is 41.1. The van der Waals surface area contributed by atoms with E-state index < -0.39 is 41.4 Å². The average Bonchev–Trinajstić information content (AvgIpc) is 3.22. The van der Waals surface area contributed by atoms with Crippen LogP contribution in [-0.2, 0) is 15.8 Å². The van der Waals surface area contributed by atoms with Crippen molar-refractivity contribution in [2.45, 2.75) is 37.9 Å². The summed E-state index contributed by atoms with van der Waals surface area (Å²) in [5.41, 5.74) is 0.609. The lowest BCUT2D eigenvalue weighted by atomic mass is 9.95. The van der Waals surface area contributed by atoms with Gasteiger partial charge in [-0.1, -0.05) is 0 Å². The lowest BCUT2D eigenvalue weighted by Gasteiger charge is -2.40. The highest BCUT2D eigenvalue weighted by atomic mass is 79.9. The number of amides is 4. The fraction of sp³-hybridized carbons (Fsp3) is 0.483. The van der Waals surface area contributed by atoms with E-state index in [9.17, 15) is 32.3 Å². The van der Waals surface area contributed by atoms with Gasteiger partial charge >= 0.3 is 6.18 Å². The molecule has 1 N–H and O–H groups in total. The standard InChI is InChI=1S/C29H30BrF3N6O4/c30-18-13-22(29(31,32)33)25(34-15-18)38-7-5-17(6-8-38)16-36-9-11-37(12-10-36)19-1-2-20-21(14-19)28(43)39(27(20)42)23-3-4-24(40)35-26(23)41/h1-2,13-15,17,23H,3-12,16H2,(H,35,40,41). The average molecular weight is 663 g/mol. The van der Waals surface area contributed by atoms with Crippen molar-refractivity contribution in [2.24, 2.45) is 5.92 Å². The second-order valence-electron chi connectivity index (χ2n) is 11.4. The number of imide groups is 2. The first kappa shape index (κ1) is 29.5. The number of halogens is 4. The molecule has 0 spiro atoms. The predicted molar refractivity (Wildman–Crippen MR) is 154 cm³/mol. The summed E-state index contributed by atoms with van der Waals surface area (Å²) in [6, 6.07) is 5.23. The van der Waals surface area contributed by atoms with Crippen LogP contribution in [0.15, 0.2) is 34.9 Å². The smallest absolute Gasteiger partial charge is 0.369 e. The molecule has 1 aromatic carbocycles. The van der Waals surface area contributed by atoms with Gasteiger partial charge in [0.2, 0.25) is 11.8 Å². The molecule has 0 saturated carbocycles. The zero-order valence-corrected chi connectivity index (χ0v) is 24.8. The molecule has 1 atom stereocenters. The molecule has 4 aliphatic rings. The molecule has 3 fully saturated rings. The Bertz CT molecular complexity index is 1470. The third kappa shape index (κ3) is 5.86. The highest BCUT2D eigenvalue weighted by Gasteiger charge is 2.45. The Labute approximate surface area is 254 Å². The quantitative estimate of drug-likeness (QED) is 0.487. The number of carbonyl (C=O) groups is 4. The maximum absolute atomic E-state index is 13.6. The number of pyridine rings is 1. The Morgan fingerprint density at radius 3 is 2.26 bits per heavy atom. The van der Waals surface area contributed by atoms with Crippen molar-refractivity contribution in [1.82, 2.24) is 20.1 Å². The molecule has 5 heterocycles. The Kier molecular flexibility index (Phi) is 7.92. The summed E-state index contributed by atoms with van der Waals surface area (Å²) in [6.07, 6.45) is -1.34. The van der Waals surface area contributed by atoms with Crippen LogP contribution >= 0.6 is 15.9 Å². The number of aromatic nitrogens is 1. The van der Waals surface area contributed by atoms with Gasteiger partial charge in [0.15, 0.2) is 0 Å². The lowest BCUT2D eigenvalue weighted by Crippen LogP contribution is -2.54. The first-order valence-corrected chi connectivity index (χ1v) is 15.1. The van der Waals surface area contributed by atoms with E-state index in [0.29, 0.717) is 36.6 Å². The van der Waals surface area contributed by atoms with Crippen LogP contribution in [0.2, 0.25) is 0 Å². The molecule has 228 valence electrons. The topological polar surface area (TPSA) is 106 Å². The molecule has 2 aromatic rings. The molecule has 3 saturated heterocycles. The Hall–Kier alpha value is -3.52. The maximum Gasteiger partial charge on any atom is 0.419 e. The second kappa shape index (κ2) is 11.5. The molecule has 4 aliphatic heterocycles. The van der Waals surface area contributed by atoms with Gasteiger partial charge in [0.1, 0.15) is 11.9 Å². The van der Waals surface area contributed by atoms with Crippen LogP contribution in [0.1, 0.15) is 52.0 Å². The number of piperidine rings is 2. The second-order valence-corrected chi connectivity index (χ2v) is 12.3. The minimum Gasteiger partial charge on any atom is -0.369 e. The summed E-state index contributed by atoms with van der Waals surface area (Å²) in [4.78, 5) is 61.3. The van der Waals surface area contributed by atoms with Crippen molar-refractivity contribution in [1.29, 1.82) is 0 Å². The highest BCUT2D eigenvalue weighted by Crippen LogP contribution is 2.38. The predicted octanol–water partition coefficient (Wildman–Crippen LogP) is 3.30. The van der Waals surface area contributed by atoms with Crippen LogP contribution < -0.4 is 15.1 Å². The third-order valence-corrected chi connectivity index (χ3v) is 9.16. The van der Waals surface area contributed by atoms with Crippen molar-refractivity contribution in [3.05, 3.63) is 51.6 Å². The number of anilines is 2. The number of piperazine rings is 1. The lowest BCUT2D eigenvalue weighted by molar-refractivity contribution is -0.138. The van der Waals surface area contributed by atoms with Gasteiger partial charge in [0.05, 0.1) is 16.7 Å². The normalized spacial score (nSPS) is 22.3. The molecule has 43 heavy (non-hydrogen) atoms. The molecule has 1 aromatic heterocycles. The van der Waals surface area contributed by atoms with Gasteiger partial charge in [-0.3, -0.25) is 34.3 Å². The van der Waals surface area contributed by atoms with E-state index in [4.69, 9.17) is 0 Å². The summed E-state index contributed by atoms with van der Waals surface area (Å²) in [7, 11) is 0. The number of hydrogen-bond donors (Lipinski definition) is 1. The van der Waals surface area contributed by atoms with Crippen LogP contribution in [0.25, 0.3) is 0 Å². The number of fused-ring (bicyclic) bond motifs is 1. The number of benzene rings is 1. The van der Waals surface area contributed by atoms with Gasteiger partial charge in [-0.15, -0.1) is 0 Å². The molecule has 14 heteroatoms. The largest absolute Gasteiger partial charge is 0.419 e. The van der Waals surface area contributed by atoms with E-state index in [-0.39, 0.29) is 29.8 Å². The van der Waals surface area contributed by atoms with Gasteiger partial charge in [0.25, 0.3) is 11.8 Å². The van der Waals surface area contributed by atoms with Crippen molar-refractivity contribution in [3.8, 4) is 0 Å². The zero-order valence-electron chi connectivity index (χ0n) is 23.2. The monoisotopic (exact) mass is 662 g/mol. The van der Waals surface area contributed by atoms with Crippen molar-refractivity contribution in [3.63, 3.8) is 0 Å². The first-order chi connectivity index (χ1) is 20.5. The number of nitrogens with zero attached hydrogens (tertiary/aromatic N) is 5. The Balaban J connectivity index is 1.03. The third-order valence-electron chi connectivity index (χ3n) is 8.73. The molecular formula is C29H30BrF3N6O4. The number of nitrogens with one attached hydrogen (secondary N) is 1. The maximum atomic E-state index is 13.6. The van der Waals surface area contributed by atoms with Gasteiger partial charge in [0, 0.05) is 68.6 Å². The van der Waals surface area contributed by atoms with Gasteiger partial charge < -0.3 is 9.80 Å². The van der Waals surface area contributed by atoms with Crippen LogP contribution in [0, 0.1) is 5.92 Å². The molecule has 6 rings (SSSR count). The molecule has 1 unspecified atom stereocenters. The fourth-order valence-electron chi connectivity index (χ4n) is 6.43. The van der Waals surface area contributed by atoms with Crippen molar-refractivity contribution < 1.29 is 32.3 Å². The summed E-state index contributed by atoms with van der Waals surface area (Å²) in [5, 5.41) is 2.20. The van der Waals surface area contributed by atoms with Crippen LogP contribution in [-0.4, -0.2) is 90.3 Å². The van der Waals surface area contributed by atoms with E-state index in [1.807, 2.05) is 6.07 Å². The van der Waals surface area contributed by atoms with Crippen molar-refractivity contribution >= 4 is 51.1 Å². The SMILES string of the molecule is O=C1CCC(N2C(=O)c3ccc(N4CCN(CC5CCN(c6ncc(Br)cc6C(F)(F)F)CC5)CC4)cc3C2=O)C(=O)N1. The number of alkyl halides is 3. The molecule has 0 radical (unpaired) electrons. The first-order valence-electron chi connectivity index (χ1n) is 14.3. The van der Waals surface area contributed by atoms with Gasteiger partial charge in [-0.05, 0) is 65.4 Å². The zero-order chi connectivity index (χ0) is 30.5. The van der Waals surface area contributed by atoms with E-state index in [2.05, 4.69) is 36.0 Å². The summed E-state index contributed by atoms with van der Waals surface area (Å²) in [5.74, 6) is -1.75.